The Kier molecular flexibility index (Phi) is 3.69. The highest BCUT2D eigenvalue weighted by molar-refractivity contribution is 9.10. The summed E-state index contributed by atoms with van der Waals surface area (Å²) >= 11 is 3.49. The van der Waals surface area contributed by atoms with E-state index in [0.717, 1.165) is 28.0 Å². The normalized spacial score (nSPS) is 12.7. The first kappa shape index (κ1) is 12.4. The number of benzene rings is 1. The molecule has 0 aliphatic rings. The molecule has 90 valence electrons. The number of furan rings is 1. The van der Waals surface area contributed by atoms with Gasteiger partial charge in [-0.3, -0.25) is 0 Å². The molecule has 0 radical (unpaired) electrons. The fourth-order valence-electron chi connectivity index (χ4n) is 1.71. The quantitative estimate of drug-likeness (QED) is 0.909. The Balaban J connectivity index is 2.33. The molecule has 2 aromatic rings. The van der Waals surface area contributed by atoms with E-state index in [-0.39, 0.29) is 6.04 Å². The van der Waals surface area contributed by atoms with Crippen molar-refractivity contribution in [1.29, 1.82) is 0 Å². The summed E-state index contributed by atoms with van der Waals surface area (Å²) in [5.41, 5.74) is 8.22. The van der Waals surface area contributed by atoms with Gasteiger partial charge >= 0.3 is 0 Å². The maximum absolute atomic E-state index is 5.94. The number of halogens is 1. The van der Waals surface area contributed by atoms with E-state index in [1.807, 2.05) is 24.3 Å². The second kappa shape index (κ2) is 5.07. The zero-order valence-electron chi connectivity index (χ0n) is 10.0. The van der Waals surface area contributed by atoms with Crippen molar-refractivity contribution in [3.05, 3.63) is 46.1 Å². The van der Waals surface area contributed by atoms with Crippen LogP contribution in [-0.4, -0.2) is 0 Å². The van der Waals surface area contributed by atoms with Crippen molar-refractivity contribution < 1.29 is 4.42 Å². The maximum Gasteiger partial charge on any atom is 0.134 e. The lowest BCUT2D eigenvalue weighted by atomic mass is 10.1. The molecule has 2 N–H and O–H groups in total. The van der Waals surface area contributed by atoms with Gasteiger partial charge in [0, 0.05) is 10.0 Å². The van der Waals surface area contributed by atoms with Gasteiger partial charge in [-0.15, -0.1) is 0 Å². The van der Waals surface area contributed by atoms with Crippen LogP contribution in [0.1, 0.15) is 30.7 Å². The van der Waals surface area contributed by atoms with Crippen molar-refractivity contribution in [2.24, 2.45) is 5.73 Å². The third-order valence-electron chi connectivity index (χ3n) is 2.87. The number of rotatable bonds is 3. The van der Waals surface area contributed by atoms with Gasteiger partial charge in [0.05, 0.1) is 6.04 Å². The van der Waals surface area contributed by atoms with E-state index in [1.54, 1.807) is 0 Å². The average Bonchev–Trinajstić information content (AvgIpc) is 2.81. The Morgan fingerprint density at radius 2 is 2.06 bits per heavy atom. The Hall–Kier alpha value is -1.06. The summed E-state index contributed by atoms with van der Waals surface area (Å²) in [5, 5.41) is 0. The molecule has 0 saturated heterocycles. The Bertz CT molecular complexity index is 519. The maximum atomic E-state index is 5.94. The average molecular weight is 294 g/mol. The molecule has 2 rings (SSSR count). The second-order valence-electron chi connectivity index (χ2n) is 4.18. The monoisotopic (exact) mass is 293 g/mol. The first-order valence-corrected chi connectivity index (χ1v) is 6.53. The van der Waals surface area contributed by atoms with Crippen LogP contribution in [-0.2, 0) is 0 Å². The molecular formula is C14H16BrNO. The molecule has 0 saturated carbocycles. The molecule has 1 aromatic heterocycles. The summed E-state index contributed by atoms with van der Waals surface area (Å²) in [4.78, 5) is 0. The smallest absolute Gasteiger partial charge is 0.134 e. The minimum absolute atomic E-state index is 0.0136. The molecule has 3 heteroatoms. The van der Waals surface area contributed by atoms with Crippen molar-refractivity contribution in [3.8, 4) is 11.3 Å². The molecule has 0 bridgehead atoms. The molecule has 0 spiro atoms. The molecule has 0 aliphatic heterocycles. The van der Waals surface area contributed by atoms with Crippen LogP contribution in [0.15, 0.2) is 39.2 Å². The highest BCUT2D eigenvalue weighted by Crippen LogP contribution is 2.28. The van der Waals surface area contributed by atoms with Gasteiger partial charge in [-0.05, 0) is 43.2 Å². The van der Waals surface area contributed by atoms with E-state index >= 15 is 0 Å². The van der Waals surface area contributed by atoms with Crippen molar-refractivity contribution in [2.45, 2.75) is 26.3 Å². The lowest BCUT2D eigenvalue weighted by Gasteiger charge is -2.05. The molecule has 1 aromatic carbocycles. The Morgan fingerprint density at radius 3 is 2.71 bits per heavy atom. The van der Waals surface area contributed by atoms with Crippen LogP contribution in [0.25, 0.3) is 11.3 Å². The fourth-order valence-corrected chi connectivity index (χ4v) is 1.95. The van der Waals surface area contributed by atoms with Crippen molar-refractivity contribution in [2.75, 3.05) is 0 Å². The number of hydrogen-bond acceptors (Lipinski definition) is 2. The van der Waals surface area contributed by atoms with Crippen LogP contribution in [0, 0.1) is 6.92 Å². The summed E-state index contributed by atoms with van der Waals surface area (Å²) in [7, 11) is 0. The predicted octanol–water partition coefficient (Wildman–Crippen LogP) is 4.43. The van der Waals surface area contributed by atoms with E-state index in [4.69, 9.17) is 10.2 Å². The third-order valence-corrected chi connectivity index (χ3v) is 3.76. The molecule has 1 atom stereocenters. The van der Waals surface area contributed by atoms with E-state index in [2.05, 4.69) is 35.8 Å². The first-order chi connectivity index (χ1) is 8.11. The van der Waals surface area contributed by atoms with Gasteiger partial charge < -0.3 is 10.2 Å². The van der Waals surface area contributed by atoms with E-state index in [0.29, 0.717) is 0 Å². The van der Waals surface area contributed by atoms with Gasteiger partial charge in [-0.25, -0.2) is 0 Å². The highest BCUT2D eigenvalue weighted by Gasteiger charge is 2.10. The van der Waals surface area contributed by atoms with Crippen LogP contribution in [0.4, 0.5) is 0 Å². The molecule has 17 heavy (non-hydrogen) atoms. The highest BCUT2D eigenvalue weighted by atomic mass is 79.9. The topological polar surface area (TPSA) is 39.2 Å². The Morgan fingerprint density at radius 1 is 1.29 bits per heavy atom. The van der Waals surface area contributed by atoms with E-state index in [9.17, 15) is 0 Å². The minimum atomic E-state index is -0.0136. The van der Waals surface area contributed by atoms with Crippen LogP contribution in [0.5, 0.6) is 0 Å². The van der Waals surface area contributed by atoms with E-state index in [1.165, 1.54) is 5.56 Å². The summed E-state index contributed by atoms with van der Waals surface area (Å²) in [6, 6.07) is 10.1. The van der Waals surface area contributed by atoms with Gasteiger partial charge in [0.2, 0.25) is 0 Å². The summed E-state index contributed by atoms with van der Waals surface area (Å²) < 4.78 is 6.89. The van der Waals surface area contributed by atoms with Gasteiger partial charge in [0.1, 0.15) is 11.5 Å². The number of hydrogen-bond donors (Lipinski definition) is 1. The Labute approximate surface area is 110 Å². The lowest BCUT2D eigenvalue weighted by Crippen LogP contribution is -2.06. The van der Waals surface area contributed by atoms with Crippen molar-refractivity contribution in [1.82, 2.24) is 0 Å². The molecule has 1 unspecified atom stereocenters. The van der Waals surface area contributed by atoms with Gasteiger partial charge in [-0.2, -0.15) is 0 Å². The van der Waals surface area contributed by atoms with Crippen LogP contribution >= 0.6 is 15.9 Å². The molecule has 0 fully saturated rings. The van der Waals surface area contributed by atoms with Gasteiger partial charge in [0.25, 0.3) is 0 Å². The lowest BCUT2D eigenvalue weighted by molar-refractivity contribution is 0.470. The standard InChI is InChI=1S/C14H16BrNO/c1-3-12(16)14-7-6-13(17-14)10-4-5-11(15)9(2)8-10/h4-8,12H,3,16H2,1-2H3. The van der Waals surface area contributed by atoms with Gasteiger partial charge in [-0.1, -0.05) is 28.9 Å². The summed E-state index contributed by atoms with van der Waals surface area (Å²) in [6.07, 6.45) is 0.881. The molecule has 0 amide bonds. The van der Waals surface area contributed by atoms with Crippen LogP contribution in [0.3, 0.4) is 0 Å². The minimum Gasteiger partial charge on any atom is -0.459 e. The van der Waals surface area contributed by atoms with Crippen LogP contribution in [0.2, 0.25) is 0 Å². The predicted molar refractivity (Wildman–Crippen MR) is 73.8 cm³/mol. The third kappa shape index (κ3) is 2.61. The molecule has 1 heterocycles. The fraction of sp³-hybridized carbons (Fsp3) is 0.286. The summed E-state index contributed by atoms with van der Waals surface area (Å²) in [5.74, 6) is 1.72. The molecule has 0 aliphatic carbocycles. The second-order valence-corrected chi connectivity index (χ2v) is 5.04. The largest absolute Gasteiger partial charge is 0.459 e. The van der Waals surface area contributed by atoms with E-state index < -0.39 is 0 Å². The first-order valence-electron chi connectivity index (χ1n) is 5.73. The van der Waals surface area contributed by atoms with Crippen LogP contribution < -0.4 is 5.73 Å². The molecular weight excluding hydrogens is 278 g/mol. The number of aryl methyl sites for hydroxylation is 1. The van der Waals surface area contributed by atoms with Crippen molar-refractivity contribution in [3.63, 3.8) is 0 Å². The zero-order valence-corrected chi connectivity index (χ0v) is 11.6. The summed E-state index contributed by atoms with van der Waals surface area (Å²) in [6.45, 7) is 4.12. The number of nitrogens with two attached hydrogens (primary N) is 1. The zero-order chi connectivity index (χ0) is 12.4. The van der Waals surface area contributed by atoms with Gasteiger partial charge in [0.15, 0.2) is 0 Å². The SMILES string of the molecule is CCC(N)c1ccc(-c2ccc(Br)c(C)c2)o1. The van der Waals surface area contributed by atoms with Crippen molar-refractivity contribution >= 4 is 15.9 Å². The molecule has 2 nitrogen and oxygen atoms in total.